The molecule has 0 bridgehead atoms. The highest BCUT2D eigenvalue weighted by Gasteiger charge is 2.31. The quantitative estimate of drug-likeness (QED) is 0.320. The summed E-state index contributed by atoms with van der Waals surface area (Å²) in [5.41, 5.74) is 5.27. The van der Waals surface area contributed by atoms with E-state index in [-0.39, 0.29) is 25.9 Å². The van der Waals surface area contributed by atoms with Gasteiger partial charge in [-0.15, -0.1) is 0 Å². The largest absolute Gasteiger partial charge is 0.461 e. The lowest BCUT2D eigenvalue weighted by Gasteiger charge is -2.25. The molecule has 0 aliphatic heterocycles. The molecule has 176 valence electrons. The molecule has 0 saturated heterocycles. The van der Waals surface area contributed by atoms with Gasteiger partial charge in [0.1, 0.15) is 6.61 Å². The molecule has 0 aliphatic rings. The van der Waals surface area contributed by atoms with Gasteiger partial charge < -0.3 is 30.0 Å². The summed E-state index contributed by atoms with van der Waals surface area (Å²) in [7, 11) is 0. The van der Waals surface area contributed by atoms with Crippen molar-refractivity contribution in [2.75, 3.05) is 26.4 Å². The van der Waals surface area contributed by atoms with Crippen LogP contribution in [0.25, 0.3) is 0 Å². The van der Waals surface area contributed by atoms with Gasteiger partial charge in [-0.1, -0.05) is 30.3 Å². The molecule has 0 radical (unpaired) electrons. The van der Waals surface area contributed by atoms with Crippen LogP contribution in [-0.4, -0.2) is 56.2 Å². The second-order valence-electron chi connectivity index (χ2n) is 8.09. The molecule has 8 nitrogen and oxygen atoms in total. The van der Waals surface area contributed by atoms with E-state index in [2.05, 4.69) is 5.32 Å². The Kier molecular flexibility index (Phi) is 12.8. The first kappa shape index (κ1) is 26.9. The fourth-order valence-electron chi connectivity index (χ4n) is 2.48. The minimum atomic E-state index is -1.14. The van der Waals surface area contributed by atoms with E-state index in [9.17, 15) is 9.59 Å². The lowest BCUT2D eigenvalue weighted by Crippen LogP contribution is -2.45. The summed E-state index contributed by atoms with van der Waals surface area (Å²) in [5.74, 6) is -0.519. The monoisotopic (exact) mass is 438 g/mol. The number of nitrogens with one attached hydrogen (secondary N) is 1. The molecular formula is C23H38N2O6. The maximum atomic E-state index is 12.5. The van der Waals surface area contributed by atoms with Gasteiger partial charge in [0.25, 0.3) is 0 Å². The number of nitrogens with two attached hydrogens (primary N) is 1. The first-order chi connectivity index (χ1) is 14.7. The Hall–Kier alpha value is -2.16. The number of benzene rings is 1. The van der Waals surface area contributed by atoms with Gasteiger partial charge >= 0.3 is 12.1 Å². The van der Waals surface area contributed by atoms with Crippen LogP contribution in [0.3, 0.4) is 0 Å². The Labute approximate surface area is 185 Å². The number of alkyl carbamates (subject to hydrolysis) is 1. The lowest BCUT2D eigenvalue weighted by molar-refractivity contribution is -0.170. The molecular weight excluding hydrogens is 400 g/mol. The minimum absolute atomic E-state index is 0.0297. The number of carbonyl (C=O) groups is 2. The van der Waals surface area contributed by atoms with Gasteiger partial charge in [0.2, 0.25) is 0 Å². The number of ether oxygens (including phenoxy) is 4. The van der Waals surface area contributed by atoms with Crippen LogP contribution >= 0.6 is 0 Å². The van der Waals surface area contributed by atoms with Gasteiger partial charge in [0.05, 0.1) is 32.0 Å². The fourth-order valence-corrected chi connectivity index (χ4v) is 2.48. The van der Waals surface area contributed by atoms with Crippen molar-refractivity contribution in [3.05, 3.63) is 35.9 Å². The number of carbonyl (C=O) groups excluding carboxylic acids is 2. The van der Waals surface area contributed by atoms with E-state index in [1.165, 1.54) is 0 Å². The van der Waals surface area contributed by atoms with E-state index >= 15 is 0 Å². The molecule has 1 unspecified atom stereocenters. The third kappa shape index (κ3) is 12.3. The first-order valence-electron chi connectivity index (χ1n) is 10.8. The van der Waals surface area contributed by atoms with E-state index in [1.807, 2.05) is 44.2 Å². The summed E-state index contributed by atoms with van der Waals surface area (Å²) < 4.78 is 21.9. The van der Waals surface area contributed by atoms with Crippen molar-refractivity contribution in [2.24, 2.45) is 5.73 Å². The van der Waals surface area contributed by atoms with E-state index in [0.717, 1.165) is 24.8 Å². The van der Waals surface area contributed by atoms with Crippen LogP contribution in [0.5, 0.6) is 0 Å². The van der Waals surface area contributed by atoms with Gasteiger partial charge in [-0.05, 0) is 59.1 Å². The highest BCUT2D eigenvalue weighted by Crippen LogP contribution is 2.15. The molecule has 0 aliphatic carbocycles. The summed E-state index contributed by atoms with van der Waals surface area (Å²) in [6.07, 6.45) is 1.95. The van der Waals surface area contributed by atoms with Crippen LogP contribution in [0, 0.1) is 0 Å². The van der Waals surface area contributed by atoms with Crippen LogP contribution in [-0.2, 0) is 30.3 Å². The molecule has 1 aromatic rings. The summed E-state index contributed by atoms with van der Waals surface area (Å²) >= 11 is 0. The van der Waals surface area contributed by atoms with Gasteiger partial charge in [0.15, 0.2) is 5.60 Å². The molecule has 0 aromatic heterocycles. The van der Waals surface area contributed by atoms with Crippen LogP contribution in [0.4, 0.5) is 4.79 Å². The number of hydrogen-bond acceptors (Lipinski definition) is 7. The van der Waals surface area contributed by atoms with Gasteiger partial charge in [-0.25, -0.2) is 9.59 Å². The molecule has 1 rings (SSSR count). The maximum Gasteiger partial charge on any atom is 0.407 e. The zero-order chi connectivity index (χ0) is 23.1. The Bertz CT molecular complexity index is 636. The standard InChI is InChI=1S/C23H38N2O6/c1-18(2)29-16-20(25-22(27)28-14-10-6-9-13-24)17-30-21(26)23(3,4)31-15-19-11-7-5-8-12-19/h5,7-8,11-12,18,20H,6,9-10,13-17,24H2,1-4H3,(H,25,27). The summed E-state index contributed by atoms with van der Waals surface area (Å²) in [5, 5.41) is 2.70. The summed E-state index contributed by atoms with van der Waals surface area (Å²) in [4.78, 5) is 24.6. The smallest absolute Gasteiger partial charge is 0.407 e. The number of rotatable bonds is 15. The first-order valence-corrected chi connectivity index (χ1v) is 10.8. The van der Waals surface area contributed by atoms with Crippen LogP contribution in [0.1, 0.15) is 52.5 Å². The Balaban J connectivity index is 2.49. The fraction of sp³-hybridized carbons (Fsp3) is 0.652. The average molecular weight is 439 g/mol. The lowest BCUT2D eigenvalue weighted by atomic mass is 10.1. The van der Waals surface area contributed by atoms with Crippen LogP contribution in [0.15, 0.2) is 30.3 Å². The summed E-state index contributed by atoms with van der Waals surface area (Å²) in [6, 6.07) is 9.05. The number of esters is 1. The van der Waals surface area contributed by atoms with Crippen molar-refractivity contribution in [1.29, 1.82) is 0 Å². The predicted molar refractivity (Wildman–Crippen MR) is 119 cm³/mol. The van der Waals surface area contributed by atoms with E-state index in [1.54, 1.807) is 13.8 Å². The number of amides is 1. The molecule has 3 N–H and O–H groups in total. The van der Waals surface area contributed by atoms with Gasteiger partial charge in [-0.2, -0.15) is 0 Å². The third-order valence-electron chi connectivity index (χ3n) is 4.38. The maximum absolute atomic E-state index is 12.5. The molecule has 0 fully saturated rings. The molecule has 1 aromatic carbocycles. The Morgan fingerprint density at radius 2 is 1.74 bits per heavy atom. The molecule has 8 heteroatoms. The molecule has 1 amide bonds. The van der Waals surface area contributed by atoms with Crippen LogP contribution in [0.2, 0.25) is 0 Å². The van der Waals surface area contributed by atoms with E-state index in [4.69, 9.17) is 24.7 Å². The van der Waals surface area contributed by atoms with Crippen molar-refractivity contribution < 1.29 is 28.5 Å². The minimum Gasteiger partial charge on any atom is -0.461 e. The second-order valence-corrected chi connectivity index (χ2v) is 8.09. The van der Waals surface area contributed by atoms with Crippen molar-refractivity contribution in [2.45, 2.75) is 71.3 Å². The van der Waals surface area contributed by atoms with E-state index in [0.29, 0.717) is 13.2 Å². The zero-order valence-electron chi connectivity index (χ0n) is 19.2. The molecule has 0 spiro atoms. The van der Waals surface area contributed by atoms with Gasteiger partial charge in [0, 0.05) is 0 Å². The SMILES string of the molecule is CC(C)OCC(COC(=O)C(C)(C)OCc1ccccc1)NC(=O)OCCCCCN. The van der Waals surface area contributed by atoms with Crippen LogP contribution < -0.4 is 11.1 Å². The van der Waals surface area contributed by atoms with Crippen molar-refractivity contribution in [3.63, 3.8) is 0 Å². The number of unbranched alkanes of at least 4 members (excludes halogenated alkanes) is 2. The predicted octanol–water partition coefficient (Wildman–Crippen LogP) is 3.17. The molecule has 1 atom stereocenters. The summed E-state index contributed by atoms with van der Waals surface area (Å²) in [6.45, 7) is 8.45. The average Bonchev–Trinajstić information content (AvgIpc) is 2.74. The highest BCUT2D eigenvalue weighted by atomic mass is 16.6. The zero-order valence-corrected chi connectivity index (χ0v) is 19.2. The molecule has 31 heavy (non-hydrogen) atoms. The van der Waals surface area contributed by atoms with Gasteiger partial charge in [-0.3, -0.25) is 0 Å². The topological polar surface area (TPSA) is 109 Å². The Morgan fingerprint density at radius 1 is 1.03 bits per heavy atom. The third-order valence-corrected chi connectivity index (χ3v) is 4.38. The van der Waals surface area contributed by atoms with Crippen molar-refractivity contribution >= 4 is 12.1 Å². The normalized spacial score (nSPS) is 12.5. The van der Waals surface area contributed by atoms with Crippen molar-refractivity contribution in [1.82, 2.24) is 5.32 Å². The van der Waals surface area contributed by atoms with E-state index < -0.39 is 23.7 Å². The Morgan fingerprint density at radius 3 is 2.39 bits per heavy atom. The highest BCUT2D eigenvalue weighted by molar-refractivity contribution is 5.78. The molecule has 0 heterocycles. The second kappa shape index (κ2) is 14.8. The molecule has 0 saturated carbocycles. The number of hydrogen-bond donors (Lipinski definition) is 2. The van der Waals surface area contributed by atoms with Crippen molar-refractivity contribution in [3.8, 4) is 0 Å².